The summed E-state index contributed by atoms with van der Waals surface area (Å²) in [6, 6.07) is 7.02. The molecule has 0 aliphatic carbocycles. The van der Waals surface area contributed by atoms with Gasteiger partial charge < -0.3 is 15.4 Å². The largest absolute Gasteiger partial charge is 0.378 e. The van der Waals surface area contributed by atoms with Crippen LogP contribution in [0.3, 0.4) is 0 Å². The first-order valence-electron chi connectivity index (χ1n) is 5.81. The molecule has 6 heteroatoms. The van der Waals surface area contributed by atoms with Crippen molar-refractivity contribution in [2.24, 2.45) is 0 Å². The standard InChI is InChI=1S/C12H18N2O3S/c1-17-11-8-13-7-10(11)14-9-5-3-4-6-12(9)18(2,15)16/h3-6,10-11,13-14H,7-8H2,1-2H3/t10?,11-/m1/s1. The summed E-state index contributed by atoms with van der Waals surface area (Å²) in [5, 5.41) is 6.47. The molecule has 100 valence electrons. The third-order valence-electron chi connectivity index (χ3n) is 3.09. The van der Waals surface area contributed by atoms with E-state index in [1.165, 1.54) is 6.26 Å². The minimum atomic E-state index is -3.22. The van der Waals surface area contributed by atoms with E-state index in [2.05, 4.69) is 10.6 Å². The molecule has 2 N–H and O–H groups in total. The van der Waals surface area contributed by atoms with Crippen molar-refractivity contribution in [2.75, 3.05) is 31.8 Å². The SMILES string of the molecule is CO[C@@H]1CNCC1Nc1ccccc1S(C)(=O)=O. The average molecular weight is 270 g/mol. The fourth-order valence-electron chi connectivity index (χ4n) is 2.16. The zero-order valence-corrected chi connectivity index (χ0v) is 11.3. The molecular weight excluding hydrogens is 252 g/mol. The summed E-state index contributed by atoms with van der Waals surface area (Å²) in [6.45, 7) is 1.53. The van der Waals surface area contributed by atoms with Gasteiger partial charge in [0.25, 0.3) is 0 Å². The first-order chi connectivity index (χ1) is 8.52. The summed E-state index contributed by atoms with van der Waals surface area (Å²) in [5.41, 5.74) is 0.635. The van der Waals surface area contributed by atoms with Gasteiger partial charge in [-0.3, -0.25) is 0 Å². The molecule has 1 unspecified atom stereocenters. The molecule has 1 fully saturated rings. The molecule has 5 nitrogen and oxygen atoms in total. The Morgan fingerprint density at radius 1 is 1.33 bits per heavy atom. The van der Waals surface area contributed by atoms with E-state index in [1.807, 2.05) is 6.07 Å². The molecule has 1 aliphatic heterocycles. The van der Waals surface area contributed by atoms with Crippen molar-refractivity contribution in [1.29, 1.82) is 0 Å². The zero-order chi connectivity index (χ0) is 13.2. The Morgan fingerprint density at radius 3 is 2.72 bits per heavy atom. The van der Waals surface area contributed by atoms with Gasteiger partial charge in [0.15, 0.2) is 9.84 Å². The van der Waals surface area contributed by atoms with E-state index in [4.69, 9.17) is 4.74 Å². The van der Waals surface area contributed by atoms with Gasteiger partial charge in [0.2, 0.25) is 0 Å². The molecule has 0 spiro atoms. The van der Waals surface area contributed by atoms with Crippen molar-refractivity contribution >= 4 is 15.5 Å². The number of para-hydroxylation sites is 1. The van der Waals surface area contributed by atoms with Gasteiger partial charge in [-0.15, -0.1) is 0 Å². The van der Waals surface area contributed by atoms with E-state index in [0.29, 0.717) is 10.6 Å². The van der Waals surface area contributed by atoms with E-state index in [0.717, 1.165) is 13.1 Å². The number of hydrogen-bond acceptors (Lipinski definition) is 5. The van der Waals surface area contributed by atoms with Crippen molar-refractivity contribution in [3.05, 3.63) is 24.3 Å². The lowest BCUT2D eigenvalue weighted by Crippen LogP contribution is -2.34. The topological polar surface area (TPSA) is 67.4 Å². The molecule has 2 atom stereocenters. The van der Waals surface area contributed by atoms with Gasteiger partial charge in [-0.25, -0.2) is 8.42 Å². The third-order valence-corrected chi connectivity index (χ3v) is 4.24. The summed E-state index contributed by atoms with van der Waals surface area (Å²) >= 11 is 0. The van der Waals surface area contributed by atoms with E-state index in [-0.39, 0.29) is 12.1 Å². The summed E-state index contributed by atoms with van der Waals surface area (Å²) < 4.78 is 28.7. The predicted molar refractivity (Wildman–Crippen MR) is 70.6 cm³/mol. The minimum absolute atomic E-state index is 0.0533. The highest BCUT2D eigenvalue weighted by atomic mass is 32.2. The zero-order valence-electron chi connectivity index (χ0n) is 10.5. The Morgan fingerprint density at radius 2 is 2.06 bits per heavy atom. The molecule has 0 saturated carbocycles. The average Bonchev–Trinajstić information content (AvgIpc) is 2.75. The van der Waals surface area contributed by atoms with Crippen LogP contribution in [0.4, 0.5) is 5.69 Å². The quantitative estimate of drug-likeness (QED) is 0.833. The fourth-order valence-corrected chi connectivity index (χ4v) is 3.01. The van der Waals surface area contributed by atoms with Crippen LogP contribution in [0.1, 0.15) is 0 Å². The monoisotopic (exact) mass is 270 g/mol. The van der Waals surface area contributed by atoms with Crippen LogP contribution in [0, 0.1) is 0 Å². The maximum absolute atomic E-state index is 11.7. The van der Waals surface area contributed by atoms with Gasteiger partial charge in [-0.1, -0.05) is 12.1 Å². The molecule has 1 aliphatic rings. The molecular formula is C12H18N2O3S. The molecule has 0 bridgehead atoms. The van der Waals surface area contributed by atoms with E-state index < -0.39 is 9.84 Å². The van der Waals surface area contributed by atoms with Gasteiger partial charge in [0.1, 0.15) is 0 Å². The first kappa shape index (κ1) is 13.3. The molecule has 0 radical (unpaired) electrons. The molecule has 1 heterocycles. The molecule has 1 aromatic rings. The van der Waals surface area contributed by atoms with Gasteiger partial charge in [0, 0.05) is 26.5 Å². The van der Waals surface area contributed by atoms with Crippen LogP contribution in [0.5, 0.6) is 0 Å². The number of methoxy groups -OCH3 is 1. The van der Waals surface area contributed by atoms with Crippen molar-refractivity contribution in [1.82, 2.24) is 5.32 Å². The maximum Gasteiger partial charge on any atom is 0.177 e. The van der Waals surface area contributed by atoms with Gasteiger partial charge in [-0.05, 0) is 12.1 Å². The Kier molecular flexibility index (Phi) is 3.89. The Labute approximate surface area is 107 Å². The second-order valence-corrected chi connectivity index (χ2v) is 6.44. The van der Waals surface area contributed by atoms with Crippen LogP contribution in [-0.2, 0) is 14.6 Å². The normalized spacial score (nSPS) is 24.1. The molecule has 2 rings (SSSR count). The number of nitrogens with one attached hydrogen (secondary N) is 2. The summed E-state index contributed by atoms with van der Waals surface area (Å²) in [5.74, 6) is 0. The van der Waals surface area contributed by atoms with Crippen LogP contribution < -0.4 is 10.6 Å². The highest BCUT2D eigenvalue weighted by Crippen LogP contribution is 2.22. The fraction of sp³-hybridized carbons (Fsp3) is 0.500. The highest BCUT2D eigenvalue weighted by molar-refractivity contribution is 7.90. The first-order valence-corrected chi connectivity index (χ1v) is 7.70. The second-order valence-electron chi connectivity index (χ2n) is 4.45. The Hall–Kier alpha value is -1.11. The Bertz CT molecular complexity index is 516. The third kappa shape index (κ3) is 2.82. The number of ether oxygens (including phenoxy) is 1. The lowest BCUT2D eigenvalue weighted by Gasteiger charge is -2.21. The van der Waals surface area contributed by atoms with Crippen LogP contribution in [0.15, 0.2) is 29.2 Å². The van der Waals surface area contributed by atoms with Crippen LogP contribution in [0.25, 0.3) is 0 Å². The van der Waals surface area contributed by atoms with Crippen LogP contribution in [0.2, 0.25) is 0 Å². The molecule has 0 amide bonds. The lowest BCUT2D eigenvalue weighted by atomic mass is 10.2. The highest BCUT2D eigenvalue weighted by Gasteiger charge is 2.27. The summed E-state index contributed by atoms with van der Waals surface area (Å²) in [7, 11) is -1.56. The van der Waals surface area contributed by atoms with Gasteiger partial charge in [0.05, 0.1) is 22.7 Å². The van der Waals surface area contributed by atoms with Crippen LogP contribution >= 0.6 is 0 Å². The van der Waals surface area contributed by atoms with Gasteiger partial charge in [-0.2, -0.15) is 0 Å². The molecule has 0 aromatic heterocycles. The van der Waals surface area contributed by atoms with Crippen LogP contribution in [-0.4, -0.2) is 47.0 Å². The van der Waals surface area contributed by atoms with Crippen molar-refractivity contribution < 1.29 is 13.2 Å². The van der Waals surface area contributed by atoms with Gasteiger partial charge >= 0.3 is 0 Å². The number of sulfone groups is 1. The molecule has 18 heavy (non-hydrogen) atoms. The number of anilines is 1. The molecule has 1 saturated heterocycles. The predicted octanol–water partition coefficient (Wildman–Crippen LogP) is 0.489. The smallest absolute Gasteiger partial charge is 0.177 e. The van der Waals surface area contributed by atoms with Crippen molar-refractivity contribution in [3.8, 4) is 0 Å². The van der Waals surface area contributed by atoms with E-state index in [9.17, 15) is 8.42 Å². The second kappa shape index (κ2) is 5.26. The molecule has 1 aromatic carbocycles. The van der Waals surface area contributed by atoms with E-state index >= 15 is 0 Å². The number of benzene rings is 1. The van der Waals surface area contributed by atoms with Crippen molar-refractivity contribution in [2.45, 2.75) is 17.0 Å². The summed E-state index contributed by atoms with van der Waals surface area (Å²) in [6.07, 6.45) is 1.27. The minimum Gasteiger partial charge on any atom is -0.378 e. The maximum atomic E-state index is 11.7. The lowest BCUT2D eigenvalue weighted by molar-refractivity contribution is 0.111. The summed E-state index contributed by atoms with van der Waals surface area (Å²) in [4.78, 5) is 0.326. The van der Waals surface area contributed by atoms with Crippen molar-refractivity contribution in [3.63, 3.8) is 0 Å². The Balaban J connectivity index is 2.24. The number of hydrogen-bond donors (Lipinski definition) is 2. The van der Waals surface area contributed by atoms with E-state index in [1.54, 1.807) is 25.3 Å². The number of rotatable bonds is 4.